The largest absolute Gasteiger partial charge is 0.508 e. The molecule has 0 radical (unpaired) electrons. The van der Waals surface area contributed by atoms with Crippen LogP contribution in [-0.2, 0) is 0 Å². The molecule has 1 aliphatic carbocycles. The van der Waals surface area contributed by atoms with E-state index in [9.17, 15) is 14.3 Å². The lowest BCUT2D eigenvalue weighted by Crippen LogP contribution is -2.64. The Labute approximate surface area is 172 Å². The Morgan fingerprint density at radius 1 is 1.17 bits per heavy atom. The lowest BCUT2D eigenvalue weighted by Gasteiger charge is -2.59. The molecule has 1 aliphatic heterocycles. The van der Waals surface area contributed by atoms with E-state index in [-0.39, 0.29) is 28.7 Å². The van der Waals surface area contributed by atoms with Gasteiger partial charge in [-0.3, -0.25) is 9.48 Å². The van der Waals surface area contributed by atoms with Gasteiger partial charge in [-0.05, 0) is 43.2 Å². The summed E-state index contributed by atoms with van der Waals surface area (Å²) >= 11 is 6.35. The van der Waals surface area contributed by atoms with Crippen LogP contribution in [0.3, 0.4) is 0 Å². The molecule has 3 aromatic rings. The molecule has 0 unspecified atom stereocenters. The number of halogens is 2. The van der Waals surface area contributed by atoms with Crippen molar-refractivity contribution in [2.45, 2.75) is 18.9 Å². The molecule has 29 heavy (non-hydrogen) atoms. The van der Waals surface area contributed by atoms with Crippen molar-refractivity contribution in [1.29, 1.82) is 0 Å². The first-order valence-corrected chi connectivity index (χ1v) is 9.90. The van der Waals surface area contributed by atoms with Gasteiger partial charge >= 0.3 is 0 Å². The molecule has 1 amide bonds. The van der Waals surface area contributed by atoms with E-state index in [4.69, 9.17) is 11.6 Å². The second kappa shape index (κ2) is 6.59. The van der Waals surface area contributed by atoms with Gasteiger partial charge in [-0.15, -0.1) is 0 Å². The molecule has 7 heteroatoms. The fourth-order valence-corrected chi connectivity index (χ4v) is 4.85. The number of likely N-dealkylation sites (tertiary alicyclic amines) is 1. The molecule has 1 saturated carbocycles. The number of nitrogens with zero attached hydrogens (tertiary/aromatic N) is 3. The van der Waals surface area contributed by atoms with Crippen molar-refractivity contribution >= 4 is 17.5 Å². The third-order valence-corrected chi connectivity index (χ3v) is 6.35. The first kappa shape index (κ1) is 18.2. The Bertz CT molecular complexity index is 1100. The van der Waals surface area contributed by atoms with Crippen molar-refractivity contribution in [2.75, 3.05) is 13.1 Å². The van der Waals surface area contributed by atoms with Gasteiger partial charge in [0.15, 0.2) is 0 Å². The second-order valence-corrected chi connectivity index (χ2v) is 8.44. The van der Waals surface area contributed by atoms with Crippen LogP contribution < -0.4 is 0 Å². The molecule has 5 nitrogen and oxygen atoms in total. The van der Waals surface area contributed by atoms with Crippen molar-refractivity contribution in [3.8, 4) is 17.0 Å². The number of aromatic hydroxyl groups is 1. The van der Waals surface area contributed by atoms with E-state index in [1.54, 1.807) is 11.1 Å². The molecule has 1 N–H and O–H groups in total. The number of phenols is 1. The molecule has 148 valence electrons. The fraction of sp³-hybridized carbons (Fsp3) is 0.273. The fourth-order valence-electron chi connectivity index (χ4n) is 4.61. The SMILES string of the molecule is O=C(c1cc(O)ccc1F)N1CC2(CC(n3nccc3-c3ccccc3Cl)C2)C1. The van der Waals surface area contributed by atoms with Crippen molar-refractivity contribution in [2.24, 2.45) is 5.41 Å². The topological polar surface area (TPSA) is 58.4 Å². The number of benzene rings is 2. The van der Waals surface area contributed by atoms with Gasteiger partial charge in [0.1, 0.15) is 11.6 Å². The molecule has 1 aromatic heterocycles. The van der Waals surface area contributed by atoms with Crippen molar-refractivity contribution in [3.63, 3.8) is 0 Å². The monoisotopic (exact) mass is 411 g/mol. The van der Waals surface area contributed by atoms with Crippen LogP contribution in [-0.4, -0.2) is 38.8 Å². The summed E-state index contributed by atoms with van der Waals surface area (Å²) in [5, 5.41) is 14.7. The maximum atomic E-state index is 13.9. The predicted molar refractivity (Wildman–Crippen MR) is 107 cm³/mol. The zero-order chi connectivity index (χ0) is 20.2. The van der Waals surface area contributed by atoms with E-state index in [1.807, 2.05) is 35.0 Å². The Kier molecular flexibility index (Phi) is 4.13. The molecule has 5 rings (SSSR count). The third kappa shape index (κ3) is 2.99. The van der Waals surface area contributed by atoms with E-state index in [1.165, 1.54) is 12.1 Å². The Hall–Kier alpha value is -2.86. The highest BCUT2D eigenvalue weighted by atomic mass is 35.5. The maximum absolute atomic E-state index is 13.9. The van der Waals surface area contributed by atoms with Crippen LogP contribution in [0.15, 0.2) is 54.7 Å². The molecule has 1 saturated heterocycles. The number of carbonyl (C=O) groups excluding carboxylic acids is 1. The van der Waals surface area contributed by atoms with Crippen LogP contribution in [0.25, 0.3) is 11.3 Å². The Balaban J connectivity index is 1.27. The normalized spacial score (nSPS) is 17.8. The second-order valence-electron chi connectivity index (χ2n) is 8.03. The van der Waals surface area contributed by atoms with Crippen LogP contribution >= 0.6 is 11.6 Å². The van der Waals surface area contributed by atoms with Gasteiger partial charge in [0.05, 0.1) is 17.3 Å². The molecule has 2 heterocycles. The Morgan fingerprint density at radius 3 is 2.69 bits per heavy atom. The quantitative estimate of drug-likeness (QED) is 0.689. The summed E-state index contributed by atoms with van der Waals surface area (Å²) in [6.45, 7) is 1.19. The van der Waals surface area contributed by atoms with Gasteiger partial charge < -0.3 is 10.0 Å². The minimum Gasteiger partial charge on any atom is -0.508 e. The highest BCUT2D eigenvalue weighted by molar-refractivity contribution is 6.33. The molecule has 0 atom stereocenters. The van der Waals surface area contributed by atoms with E-state index in [0.29, 0.717) is 18.1 Å². The number of aromatic nitrogens is 2. The zero-order valence-electron chi connectivity index (χ0n) is 15.6. The lowest BCUT2D eigenvalue weighted by atomic mass is 9.60. The summed E-state index contributed by atoms with van der Waals surface area (Å²) in [6.07, 6.45) is 3.61. The number of hydrogen-bond donors (Lipinski definition) is 1. The molecular weight excluding hydrogens is 393 g/mol. The maximum Gasteiger partial charge on any atom is 0.257 e. The predicted octanol–water partition coefficient (Wildman–Crippen LogP) is 4.53. The number of carbonyl (C=O) groups is 1. The van der Waals surface area contributed by atoms with Crippen molar-refractivity contribution < 1.29 is 14.3 Å². The van der Waals surface area contributed by atoms with E-state index >= 15 is 0 Å². The lowest BCUT2D eigenvalue weighted by molar-refractivity contribution is -0.0735. The molecule has 2 fully saturated rings. The first-order chi connectivity index (χ1) is 14.0. The molecule has 2 aliphatic rings. The van der Waals surface area contributed by atoms with E-state index in [2.05, 4.69) is 5.10 Å². The number of phenolic OH excluding ortho intramolecular Hbond substituents is 1. The number of rotatable bonds is 3. The van der Waals surface area contributed by atoms with Gasteiger partial charge in [-0.2, -0.15) is 5.10 Å². The molecule has 0 bridgehead atoms. The van der Waals surface area contributed by atoms with Gasteiger partial charge in [0.25, 0.3) is 5.91 Å². The van der Waals surface area contributed by atoms with Crippen LogP contribution in [0, 0.1) is 11.2 Å². The summed E-state index contributed by atoms with van der Waals surface area (Å²) in [6, 6.07) is 13.5. The summed E-state index contributed by atoms with van der Waals surface area (Å²) in [4.78, 5) is 14.2. The van der Waals surface area contributed by atoms with Crippen LogP contribution in [0.5, 0.6) is 5.75 Å². The molecule has 2 aromatic carbocycles. The molecule has 1 spiro atoms. The number of amides is 1. The number of hydrogen-bond acceptors (Lipinski definition) is 3. The minimum atomic E-state index is -0.610. The highest BCUT2D eigenvalue weighted by Crippen LogP contribution is 2.55. The summed E-state index contributed by atoms with van der Waals surface area (Å²) in [5.41, 5.74) is 1.93. The average molecular weight is 412 g/mol. The highest BCUT2D eigenvalue weighted by Gasteiger charge is 2.55. The zero-order valence-corrected chi connectivity index (χ0v) is 16.3. The van der Waals surface area contributed by atoms with Gasteiger partial charge in [-0.25, -0.2) is 4.39 Å². The third-order valence-electron chi connectivity index (χ3n) is 6.02. The average Bonchev–Trinajstić information content (AvgIpc) is 3.11. The first-order valence-electron chi connectivity index (χ1n) is 9.52. The van der Waals surface area contributed by atoms with Gasteiger partial charge in [-0.1, -0.05) is 29.8 Å². The van der Waals surface area contributed by atoms with Crippen molar-refractivity contribution in [1.82, 2.24) is 14.7 Å². The molecular formula is C22H19ClFN3O2. The van der Waals surface area contributed by atoms with Crippen LogP contribution in [0.2, 0.25) is 5.02 Å². The Morgan fingerprint density at radius 2 is 1.93 bits per heavy atom. The van der Waals surface area contributed by atoms with E-state index in [0.717, 1.165) is 30.2 Å². The summed E-state index contributed by atoms with van der Waals surface area (Å²) < 4.78 is 16.0. The standard InChI is InChI=1S/C22H19ClFN3O2/c23-18-4-2-1-3-16(18)20-7-8-25-27(20)14-10-22(11-14)12-26(13-22)21(29)17-9-15(28)5-6-19(17)24/h1-9,14,28H,10-13H2. The summed E-state index contributed by atoms with van der Waals surface area (Å²) in [5.74, 6) is -1.09. The smallest absolute Gasteiger partial charge is 0.257 e. The van der Waals surface area contributed by atoms with Gasteiger partial charge in [0, 0.05) is 35.3 Å². The van der Waals surface area contributed by atoms with Gasteiger partial charge in [0.2, 0.25) is 0 Å². The van der Waals surface area contributed by atoms with E-state index < -0.39 is 5.82 Å². The summed E-state index contributed by atoms with van der Waals surface area (Å²) in [7, 11) is 0. The van der Waals surface area contributed by atoms with Crippen LogP contribution in [0.4, 0.5) is 4.39 Å². The van der Waals surface area contributed by atoms with Crippen molar-refractivity contribution in [3.05, 3.63) is 71.1 Å². The van der Waals surface area contributed by atoms with Crippen LogP contribution in [0.1, 0.15) is 29.2 Å². The minimum absolute atomic E-state index is 0.0668.